The molecular weight excluding hydrogens is 273 g/mol. The monoisotopic (exact) mass is 285 g/mol. The van der Waals surface area contributed by atoms with Crippen molar-refractivity contribution in [2.24, 2.45) is 0 Å². The van der Waals surface area contributed by atoms with Crippen LogP contribution in [0.4, 0.5) is 10.1 Å². The first kappa shape index (κ1) is 14.2. The topological polar surface area (TPSA) is 98.9 Å². The Balaban J connectivity index is 2.23. The molecule has 1 fully saturated rings. The van der Waals surface area contributed by atoms with E-state index in [1.807, 2.05) is 0 Å². The highest BCUT2D eigenvalue weighted by Crippen LogP contribution is 2.30. The van der Waals surface area contributed by atoms with Crippen LogP contribution in [-0.4, -0.2) is 35.3 Å². The molecule has 0 aromatic heterocycles. The maximum atomic E-state index is 13.5. The van der Waals surface area contributed by atoms with Crippen molar-refractivity contribution >= 4 is 11.7 Å². The van der Waals surface area contributed by atoms with Gasteiger partial charge >= 0.3 is 11.7 Å². The van der Waals surface area contributed by atoms with Crippen molar-refractivity contribution in [2.45, 2.75) is 18.9 Å². The van der Waals surface area contributed by atoms with Crippen LogP contribution in [0.5, 0.6) is 5.75 Å². The van der Waals surface area contributed by atoms with Crippen molar-refractivity contribution in [1.29, 1.82) is 0 Å². The molecule has 0 amide bonds. The largest absolute Gasteiger partial charge is 0.484 e. The average molecular weight is 285 g/mol. The molecule has 1 aliphatic heterocycles. The van der Waals surface area contributed by atoms with Gasteiger partial charge in [0, 0.05) is 18.7 Å². The van der Waals surface area contributed by atoms with Gasteiger partial charge in [-0.2, -0.15) is 0 Å². The lowest BCUT2D eigenvalue weighted by atomic mass is 10.1. The summed E-state index contributed by atoms with van der Waals surface area (Å²) in [6.45, 7) is 0.662. The molecule has 1 atom stereocenters. The van der Waals surface area contributed by atoms with Crippen LogP contribution in [0.3, 0.4) is 0 Å². The number of carboxylic acid groups (broad SMARTS) is 1. The van der Waals surface area contributed by atoms with E-state index >= 15 is 0 Å². The second-order valence-corrected chi connectivity index (χ2v) is 4.31. The summed E-state index contributed by atoms with van der Waals surface area (Å²) in [7, 11) is 0. The maximum absolute atomic E-state index is 13.5. The number of aromatic carboxylic acids is 1. The fourth-order valence-electron chi connectivity index (χ4n) is 1.92. The van der Waals surface area contributed by atoms with E-state index < -0.39 is 28.0 Å². The second kappa shape index (κ2) is 5.83. The number of ether oxygens (including phenoxy) is 2. The van der Waals surface area contributed by atoms with E-state index in [0.29, 0.717) is 12.7 Å². The minimum Gasteiger partial charge on any atom is -0.484 e. The smallest absolute Gasteiger partial charge is 0.338 e. The zero-order valence-corrected chi connectivity index (χ0v) is 10.4. The van der Waals surface area contributed by atoms with Gasteiger partial charge < -0.3 is 14.6 Å². The van der Waals surface area contributed by atoms with Gasteiger partial charge in [-0.15, -0.1) is 0 Å². The predicted octanol–water partition coefficient (Wildman–Crippen LogP) is 1.99. The Morgan fingerprint density at radius 2 is 2.35 bits per heavy atom. The highest BCUT2D eigenvalue weighted by molar-refractivity contribution is 5.89. The number of nitrogens with zero attached hydrogens (tertiary/aromatic N) is 1. The van der Waals surface area contributed by atoms with Gasteiger partial charge in [0.1, 0.15) is 18.0 Å². The Morgan fingerprint density at radius 3 is 2.90 bits per heavy atom. The lowest BCUT2D eigenvalue weighted by Gasteiger charge is -2.12. The fraction of sp³-hybridized carbons (Fsp3) is 0.417. The van der Waals surface area contributed by atoms with Crippen LogP contribution >= 0.6 is 0 Å². The van der Waals surface area contributed by atoms with Crippen LogP contribution in [0.15, 0.2) is 12.1 Å². The average Bonchev–Trinajstić information content (AvgIpc) is 2.88. The van der Waals surface area contributed by atoms with Crippen LogP contribution in [0.2, 0.25) is 0 Å². The molecule has 1 N–H and O–H groups in total. The first-order valence-corrected chi connectivity index (χ1v) is 5.94. The fourth-order valence-corrected chi connectivity index (χ4v) is 1.92. The third-order valence-corrected chi connectivity index (χ3v) is 2.92. The van der Waals surface area contributed by atoms with E-state index in [4.69, 9.17) is 14.6 Å². The minimum absolute atomic E-state index is 0.0622. The SMILES string of the molecule is O=C(O)c1cc([N+](=O)[O-])c(OCC2CCCO2)cc1F. The number of benzene rings is 1. The summed E-state index contributed by atoms with van der Waals surface area (Å²) in [5, 5.41) is 19.6. The van der Waals surface area contributed by atoms with E-state index in [0.717, 1.165) is 18.9 Å². The normalized spacial score (nSPS) is 17.9. The molecule has 2 rings (SSSR count). The third kappa shape index (κ3) is 3.02. The Labute approximate surface area is 113 Å². The van der Waals surface area contributed by atoms with Crippen LogP contribution < -0.4 is 4.74 Å². The van der Waals surface area contributed by atoms with Crippen LogP contribution in [0.25, 0.3) is 0 Å². The molecule has 1 unspecified atom stereocenters. The lowest BCUT2D eigenvalue weighted by molar-refractivity contribution is -0.386. The highest BCUT2D eigenvalue weighted by atomic mass is 19.1. The highest BCUT2D eigenvalue weighted by Gasteiger charge is 2.24. The summed E-state index contributed by atoms with van der Waals surface area (Å²) >= 11 is 0. The van der Waals surface area contributed by atoms with Crippen molar-refractivity contribution in [3.8, 4) is 5.75 Å². The zero-order chi connectivity index (χ0) is 14.7. The van der Waals surface area contributed by atoms with E-state index in [-0.39, 0.29) is 18.5 Å². The Kier molecular flexibility index (Phi) is 4.14. The lowest BCUT2D eigenvalue weighted by Crippen LogP contribution is -2.17. The predicted molar refractivity (Wildman–Crippen MR) is 64.5 cm³/mol. The van der Waals surface area contributed by atoms with E-state index in [2.05, 4.69) is 0 Å². The van der Waals surface area contributed by atoms with Gasteiger partial charge in [-0.05, 0) is 12.8 Å². The molecule has 0 spiro atoms. The van der Waals surface area contributed by atoms with Gasteiger partial charge in [0.2, 0.25) is 0 Å². The summed E-state index contributed by atoms with van der Waals surface area (Å²) in [4.78, 5) is 20.8. The number of rotatable bonds is 5. The van der Waals surface area contributed by atoms with Gasteiger partial charge in [-0.1, -0.05) is 0 Å². The van der Waals surface area contributed by atoms with E-state index in [1.54, 1.807) is 0 Å². The molecule has 0 radical (unpaired) electrons. The van der Waals surface area contributed by atoms with E-state index in [1.165, 1.54) is 0 Å². The molecule has 1 heterocycles. The number of halogens is 1. The van der Waals surface area contributed by atoms with Gasteiger partial charge in [0.05, 0.1) is 11.0 Å². The Hall–Kier alpha value is -2.22. The molecule has 7 nitrogen and oxygen atoms in total. The summed E-state index contributed by atoms with van der Waals surface area (Å²) in [5.74, 6) is -2.95. The molecular formula is C12H12FNO6. The van der Waals surface area contributed by atoms with Gasteiger partial charge in [-0.25, -0.2) is 9.18 Å². The Bertz CT molecular complexity index is 541. The number of hydrogen-bond donors (Lipinski definition) is 1. The van der Waals surface area contributed by atoms with E-state index in [9.17, 15) is 19.3 Å². The molecule has 1 aromatic carbocycles. The van der Waals surface area contributed by atoms with Crippen molar-refractivity contribution in [3.63, 3.8) is 0 Å². The standard InChI is InChI=1S/C12H12FNO6/c13-9-5-11(20-6-7-2-1-3-19-7)10(14(17)18)4-8(9)12(15)16/h4-5,7H,1-3,6H2,(H,15,16). The third-order valence-electron chi connectivity index (χ3n) is 2.92. The van der Waals surface area contributed by atoms with Crippen molar-refractivity contribution < 1.29 is 28.7 Å². The van der Waals surface area contributed by atoms with Crippen LogP contribution in [0, 0.1) is 15.9 Å². The first-order valence-electron chi connectivity index (χ1n) is 5.94. The quantitative estimate of drug-likeness (QED) is 0.656. The number of nitro benzene ring substituents is 1. The summed E-state index contributed by atoms with van der Waals surface area (Å²) in [5.41, 5.74) is -1.34. The van der Waals surface area contributed by atoms with Gasteiger partial charge in [-0.3, -0.25) is 10.1 Å². The molecule has 108 valence electrons. The molecule has 1 aliphatic rings. The molecule has 0 saturated carbocycles. The Morgan fingerprint density at radius 1 is 1.60 bits per heavy atom. The summed E-state index contributed by atoms with van der Waals surface area (Å²) in [6, 6.07) is 1.37. The number of nitro groups is 1. The van der Waals surface area contributed by atoms with Crippen LogP contribution in [0.1, 0.15) is 23.2 Å². The molecule has 0 bridgehead atoms. The number of carboxylic acids is 1. The van der Waals surface area contributed by atoms with Crippen molar-refractivity contribution in [1.82, 2.24) is 0 Å². The minimum atomic E-state index is -1.57. The second-order valence-electron chi connectivity index (χ2n) is 4.31. The molecule has 1 aromatic rings. The van der Waals surface area contributed by atoms with Gasteiger partial charge in [0.15, 0.2) is 5.75 Å². The molecule has 0 aliphatic carbocycles. The van der Waals surface area contributed by atoms with Crippen LogP contribution in [-0.2, 0) is 4.74 Å². The molecule has 1 saturated heterocycles. The molecule has 8 heteroatoms. The zero-order valence-electron chi connectivity index (χ0n) is 10.4. The summed E-state index contributed by atoms with van der Waals surface area (Å²) in [6.07, 6.45) is 1.46. The number of hydrogen-bond acceptors (Lipinski definition) is 5. The van der Waals surface area contributed by atoms with Gasteiger partial charge in [0.25, 0.3) is 0 Å². The maximum Gasteiger partial charge on any atom is 0.338 e. The van der Waals surface area contributed by atoms with Crippen molar-refractivity contribution in [2.75, 3.05) is 13.2 Å². The first-order chi connectivity index (χ1) is 9.49. The molecule has 20 heavy (non-hydrogen) atoms. The van der Waals surface area contributed by atoms with Crippen molar-refractivity contribution in [3.05, 3.63) is 33.6 Å². The number of carbonyl (C=O) groups is 1. The summed E-state index contributed by atoms with van der Waals surface area (Å²) < 4.78 is 24.0.